The number of hydrazone groups is 1. The van der Waals surface area contributed by atoms with Crippen LogP contribution in [0, 0.1) is 0 Å². The Morgan fingerprint density at radius 2 is 2.10 bits per heavy atom. The first kappa shape index (κ1) is 14.1. The molecule has 1 aromatic heterocycles. The fraction of sp³-hybridized carbons (Fsp3) is 0.200. The minimum absolute atomic E-state index is 0.510. The standard InChI is InChI=1S/C15H14ClN3OS/c16-13-4-2-1-3-12(13)14-8-7-11(20-14)9-17-19-15(21)18-10-5-6-10/h1-4,7-10H,5-6H2,(H2,18,19,21)/b17-9+. The van der Waals surface area contributed by atoms with E-state index in [-0.39, 0.29) is 0 Å². The highest BCUT2D eigenvalue weighted by Gasteiger charge is 2.21. The van der Waals surface area contributed by atoms with Gasteiger partial charge in [-0.1, -0.05) is 23.7 Å². The molecule has 0 amide bonds. The van der Waals surface area contributed by atoms with Crippen molar-refractivity contribution in [1.82, 2.24) is 10.7 Å². The molecule has 0 aliphatic heterocycles. The van der Waals surface area contributed by atoms with E-state index in [4.69, 9.17) is 28.2 Å². The molecule has 1 aliphatic carbocycles. The van der Waals surface area contributed by atoms with Crippen LogP contribution >= 0.6 is 23.8 Å². The molecule has 1 fully saturated rings. The quantitative estimate of drug-likeness (QED) is 0.514. The summed E-state index contributed by atoms with van der Waals surface area (Å²) in [6, 6.07) is 11.8. The minimum Gasteiger partial charge on any atom is -0.455 e. The van der Waals surface area contributed by atoms with Crippen molar-refractivity contribution in [3.63, 3.8) is 0 Å². The van der Waals surface area contributed by atoms with Crippen LogP contribution in [-0.4, -0.2) is 17.4 Å². The molecule has 0 radical (unpaired) electrons. The monoisotopic (exact) mass is 319 g/mol. The van der Waals surface area contributed by atoms with Gasteiger partial charge in [0.25, 0.3) is 0 Å². The lowest BCUT2D eigenvalue weighted by Crippen LogP contribution is -2.33. The van der Waals surface area contributed by atoms with Crippen LogP contribution in [0.1, 0.15) is 18.6 Å². The van der Waals surface area contributed by atoms with Crippen molar-refractivity contribution in [2.45, 2.75) is 18.9 Å². The molecular weight excluding hydrogens is 306 g/mol. The van der Waals surface area contributed by atoms with Gasteiger partial charge in [-0.05, 0) is 49.3 Å². The van der Waals surface area contributed by atoms with E-state index in [1.165, 1.54) is 12.8 Å². The maximum absolute atomic E-state index is 6.14. The van der Waals surface area contributed by atoms with Crippen molar-refractivity contribution in [1.29, 1.82) is 0 Å². The summed E-state index contributed by atoms with van der Waals surface area (Å²) in [5, 5.41) is 8.37. The molecule has 4 nitrogen and oxygen atoms in total. The van der Waals surface area contributed by atoms with Gasteiger partial charge in [-0.15, -0.1) is 0 Å². The Morgan fingerprint density at radius 3 is 2.86 bits per heavy atom. The van der Waals surface area contributed by atoms with Crippen LogP contribution in [0.4, 0.5) is 0 Å². The zero-order valence-electron chi connectivity index (χ0n) is 11.2. The Morgan fingerprint density at radius 1 is 1.29 bits per heavy atom. The lowest BCUT2D eigenvalue weighted by molar-refractivity contribution is 0.574. The number of hydrogen-bond acceptors (Lipinski definition) is 3. The molecule has 1 heterocycles. The molecule has 0 spiro atoms. The highest BCUT2D eigenvalue weighted by molar-refractivity contribution is 7.80. The van der Waals surface area contributed by atoms with E-state index >= 15 is 0 Å². The van der Waals surface area contributed by atoms with Gasteiger partial charge >= 0.3 is 0 Å². The minimum atomic E-state index is 0.510. The molecule has 0 saturated heterocycles. The third-order valence-electron chi connectivity index (χ3n) is 3.04. The average molecular weight is 320 g/mol. The van der Waals surface area contributed by atoms with Gasteiger partial charge in [-0.25, -0.2) is 0 Å². The molecule has 1 saturated carbocycles. The molecule has 2 N–H and O–H groups in total. The van der Waals surface area contributed by atoms with Crippen molar-refractivity contribution in [3.8, 4) is 11.3 Å². The summed E-state index contributed by atoms with van der Waals surface area (Å²) in [4.78, 5) is 0. The fourth-order valence-corrected chi connectivity index (χ4v) is 2.28. The molecule has 1 aromatic carbocycles. The summed E-state index contributed by atoms with van der Waals surface area (Å²) >= 11 is 11.2. The van der Waals surface area contributed by atoms with Gasteiger partial charge < -0.3 is 9.73 Å². The topological polar surface area (TPSA) is 49.6 Å². The van der Waals surface area contributed by atoms with Gasteiger partial charge in [-0.2, -0.15) is 5.10 Å². The van der Waals surface area contributed by atoms with E-state index in [1.54, 1.807) is 6.21 Å². The van der Waals surface area contributed by atoms with Crippen LogP contribution < -0.4 is 10.7 Å². The third-order valence-corrected chi connectivity index (χ3v) is 3.58. The second kappa shape index (κ2) is 6.28. The van der Waals surface area contributed by atoms with Crippen molar-refractivity contribution >= 4 is 35.1 Å². The van der Waals surface area contributed by atoms with Crippen molar-refractivity contribution in [3.05, 3.63) is 47.2 Å². The first-order valence-corrected chi connectivity index (χ1v) is 7.45. The maximum atomic E-state index is 6.14. The third kappa shape index (κ3) is 3.83. The Balaban J connectivity index is 1.62. The molecule has 6 heteroatoms. The van der Waals surface area contributed by atoms with Crippen LogP contribution in [0.15, 0.2) is 45.9 Å². The van der Waals surface area contributed by atoms with Gasteiger partial charge in [0.1, 0.15) is 11.5 Å². The number of halogens is 1. The van der Waals surface area contributed by atoms with Crippen LogP contribution in [0.3, 0.4) is 0 Å². The molecular formula is C15H14ClN3OS. The van der Waals surface area contributed by atoms with Gasteiger partial charge in [0.05, 0.1) is 11.2 Å². The highest BCUT2D eigenvalue weighted by Crippen LogP contribution is 2.28. The van der Waals surface area contributed by atoms with Crippen LogP contribution in [0.2, 0.25) is 5.02 Å². The van der Waals surface area contributed by atoms with Crippen molar-refractivity contribution < 1.29 is 4.42 Å². The van der Waals surface area contributed by atoms with E-state index in [2.05, 4.69) is 15.8 Å². The lowest BCUT2D eigenvalue weighted by Gasteiger charge is -2.03. The number of nitrogens with one attached hydrogen (secondary N) is 2. The Kier molecular flexibility index (Phi) is 4.22. The van der Waals surface area contributed by atoms with Crippen LogP contribution in [-0.2, 0) is 0 Å². The molecule has 0 unspecified atom stereocenters. The zero-order chi connectivity index (χ0) is 14.7. The van der Waals surface area contributed by atoms with E-state index in [0.717, 1.165) is 5.56 Å². The molecule has 0 bridgehead atoms. The van der Waals surface area contributed by atoms with Crippen molar-refractivity contribution in [2.24, 2.45) is 5.10 Å². The van der Waals surface area contributed by atoms with Crippen LogP contribution in [0.5, 0.6) is 0 Å². The summed E-state index contributed by atoms with van der Waals surface area (Å²) in [5.41, 5.74) is 3.63. The Bertz CT molecular complexity index is 679. The SMILES string of the molecule is S=C(N/N=C/c1ccc(-c2ccccc2Cl)o1)NC1CC1. The first-order chi connectivity index (χ1) is 10.2. The molecule has 1 aliphatic rings. The number of benzene rings is 1. The molecule has 3 rings (SSSR count). The summed E-state index contributed by atoms with van der Waals surface area (Å²) in [6.45, 7) is 0. The second-order valence-electron chi connectivity index (χ2n) is 4.80. The van der Waals surface area contributed by atoms with Gasteiger partial charge in [0.2, 0.25) is 0 Å². The number of furan rings is 1. The van der Waals surface area contributed by atoms with Gasteiger partial charge in [-0.3, -0.25) is 5.43 Å². The summed E-state index contributed by atoms with van der Waals surface area (Å²) < 4.78 is 5.69. The number of thiocarbonyl (C=S) groups is 1. The van der Waals surface area contributed by atoms with Crippen molar-refractivity contribution in [2.75, 3.05) is 0 Å². The van der Waals surface area contributed by atoms with E-state index in [9.17, 15) is 0 Å². The van der Waals surface area contributed by atoms with E-state index in [0.29, 0.717) is 27.7 Å². The Hall–Kier alpha value is -1.85. The summed E-state index contributed by atoms with van der Waals surface area (Å²) in [7, 11) is 0. The average Bonchev–Trinajstić information content (AvgIpc) is 3.15. The largest absolute Gasteiger partial charge is 0.455 e. The number of nitrogens with zero attached hydrogens (tertiary/aromatic N) is 1. The number of hydrogen-bond donors (Lipinski definition) is 2. The fourth-order valence-electron chi connectivity index (χ4n) is 1.83. The lowest BCUT2D eigenvalue weighted by atomic mass is 10.2. The highest BCUT2D eigenvalue weighted by atomic mass is 35.5. The van der Waals surface area contributed by atoms with E-state index < -0.39 is 0 Å². The normalized spacial score (nSPS) is 14.3. The second-order valence-corrected chi connectivity index (χ2v) is 5.62. The molecule has 21 heavy (non-hydrogen) atoms. The summed E-state index contributed by atoms with van der Waals surface area (Å²) in [5.74, 6) is 1.34. The van der Waals surface area contributed by atoms with Gasteiger partial charge in [0, 0.05) is 11.6 Å². The Labute approximate surface area is 133 Å². The molecule has 0 atom stereocenters. The maximum Gasteiger partial charge on any atom is 0.187 e. The predicted molar refractivity (Wildman–Crippen MR) is 88.6 cm³/mol. The summed E-state index contributed by atoms with van der Waals surface area (Å²) in [6.07, 6.45) is 3.93. The smallest absolute Gasteiger partial charge is 0.187 e. The molecule has 108 valence electrons. The van der Waals surface area contributed by atoms with Crippen LogP contribution in [0.25, 0.3) is 11.3 Å². The van der Waals surface area contributed by atoms with E-state index in [1.807, 2.05) is 36.4 Å². The number of rotatable bonds is 4. The zero-order valence-corrected chi connectivity index (χ0v) is 12.7. The van der Waals surface area contributed by atoms with Gasteiger partial charge in [0.15, 0.2) is 5.11 Å². The first-order valence-electron chi connectivity index (χ1n) is 6.67. The molecule has 2 aromatic rings. The predicted octanol–water partition coefficient (Wildman–Crippen LogP) is 3.56.